The van der Waals surface area contributed by atoms with Crippen molar-refractivity contribution in [3.63, 3.8) is 0 Å². The average molecular weight is 384 g/mol. The molecule has 0 bridgehead atoms. The molecule has 0 aliphatic carbocycles. The molecule has 1 N–H and O–H groups in total. The number of carbonyl (C=O) groups excluding carboxylic acids is 1. The van der Waals surface area contributed by atoms with E-state index in [9.17, 15) is 9.18 Å². The molecule has 4 rings (SSSR count). The first-order chi connectivity index (χ1) is 13.3. The number of hydrogen-bond acceptors (Lipinski definition) is 3. The number of rotatable bonds is 2. The molecule has 6 nitrogen and oxygen atoms in total. The summed E-state index contributed by atoms with van der Waals surface area (Å²) in [5, 5.41) is 5.52. The van der Waals surface area contributed by atoms with Crippen LogP contribution >= 0.6 is 0 Å². The van der Waals surface area contributed by atoms with E-state index >= 15 is 0 Å². The van der Waals surface area contributed by atoms with Crippen LogP contribution in [-0.4, -0.2) is 44.4 Å². The Hall–Kier alpha value is -2.83. The first-order valence-corrected chi connectivity index (χ1v) is 9.59. The second-order valence-corrected chi connectivity index (χ2v) is 8.30. The lowest BCUT2D eigenvalue weighted by Crippen LogP contribution is -2.42. The number of piperidine rings is 1. The van der Waals surface area contributed by atoms with E-state index in [0.717, 1.165) is 34.9 Å². The SMILES string of the molecule is CC(C)(C)OC(=O)N1CCC(n2cc(-c3c[nH]c4cc(F)ccc34)cn2)CC1. The lowest BCUT2D eigenvalue weighted by molar-refractivity contribution is 0.0185. The van der Waals surface area contributed by atoms with Gasteiger partial charge in [-0.3, -0.25) is 4.68 Å². The average Bonchev–Trinajstić information content (AvgIpc) is 3.26. The Morgan fingerprint density at radius 3 is 2.75 bits per heavy atom. The Morgan fingerprint density at radius 1 is 1.29 bits per heavy atom. The predicted molar refractivity (Wildman–Crippen MR) is 106 cm³/mol. The zero-order valence-electron chi connectivity index (χ0n) is 16.4. The van der Waals surface area contributed by atoms with E-state index in [1.165, 1.54) is 12.1 Å². The van der Waals surface area contributed by atoms with Gasteiger partial charge in [0.2, 0.25) is 0 Å². The highest BCUT2D eigenvalue weighted by atomic mass is 19.1. The van der Waals surface area contributed by atoms with E-state index in [4.69, 9.17) is 4.74 Å². The van der Waals surface area contributed by atoms with Crippen molar-refractivity contribution in [2.45, 2.75) is 45.3 Å². The number of amides is 1. The molecule has 28 heavy (non-hydrogen) atoms. The third kappa shape index (κ3) is 3.74. The lowest BCUT2D eigenvalue weighted by Gasteiger charge is -2.33. The monoisotopic (exact) mass is 384 g/mol. The molecular weight excluding hydrogens is 359 g/mol. The Bertz CT molecular complexity index is 993. The summed E-state index contributed by atoms with van der Waals surface area (Å²) in [6, 6.07) is 4.99. The number of ether oxygens (including phenoxy) is 1. The largest absolute Gasteiger partial charge is 0.444 e. The fraction of sp³-hybridized carbons (Fsp3) is 0.429. The number of likely N-dealkylation sites (tertiary alicyclic amines) is 1. The van der Waals surface area contributed by atoms with E-state index in [1.54, 1.807) is 11.0 Å². The summed E-state index contributed by atoms with van der Waals surface area (Å²) in [7, 11) is 0. The van der Waals surface area contributed by atoms with E-state index in [2.05, 4.69) is 10.1 Å². The molecule has 2 aromatic heterocycles. The van der Waals surface area contributed by atoms with Gasteiger partial charge in [0.25, 0.3) is 0 Å². The van der Waals surface area contributed by atoms with E-state index < -0.39 is 5.60 Å². The van der Waals surface area contributed by atoms with Crippen LogP contribution in [-0.2, 0) is 4.74 Å². The topological polar surface area (TPSA) is 63.1 Å². The fourth-order valence-electron chi connectivity index (χ4n) is 3.65. The maximum absolute atomic E-state index is 13.4. The Labute approximate surface area is 163 Å². The van der Waals surface area contributed by atoms with Gasteiger partial charge >= 0.3 is 6.09 Å². The maximum atomic E-state index is 13.4. The summed E-state index contributed by atoms with van der Waals surface area (Å²) in [4.78, 5) is 17.1. The summed E-state index contributed by atoms with van der Waals surface area (Å²) in [6.45, 7) is 6.94. The van der Waals surface area contributed by atoms with Crippen LogP contribution in [0.5, 0.6) is 0 Å². The quantitative estimate of drug-likeness (QED) is 0.694. The number of aromatic amines is 1. The predicted octanol–water partition coefficient (Wildman–Crippen LogP) is 4.74. The molecule has 0 saturated carbocycles. The molecule has 0 spiro atoms. The van der Waals surface area contributed by atoms with Crippen LogP contribution in [0.2, 0.25) is 0 Å². The first kappa shape index (κ1) is 18.5. The van der Waals surface area contributed by atoms with Crippen molar-refractivity contribution < 1.29 is 13.9 Å². The van der Waals surface area contributed by atoms with Crippen molar-refractivity contribution in [2.75, 3.05) is 13.1 Å². The number of halogens is 1. The van der Waals surface area contributed by atoms with Gasteiger partial charge in [0.05, 0.1) is 12.2 Å². The molecule has 1 aromatic carbocycles. The van der Waals surface area contributed by atoms with Crippen LogP contribution in [0.15, 0.2) is 36.8 Å². The van der Waals surface area contributed by atoms with Gasteiger partial charge in [-0.25, -0.2) is 9.18 Å². The second-order valence-electron chi connectivity index (χ2n) is 8.30. The van der Waals surface area contributed by atoms with Gasteiger partial charge in [0.15, 0.2) is 0 Å². The number of nitrogens with zero attached hydrogens (tertiary/aromatic N) is 3. The number of carbonyl (C=O) groups is 1. The lowest BCUT2D eigenvalue weighted by atomic mass is 10.1. The van der Waals surface area contributed by atoms with Crippen LogP contribution in [0.3, 0.4) is 0 Å². The molecule has 1 saturated heterocycles. The van der Waals surface area contributed by atoms with Crippen molar-refractivity contribution in [1.29, 1.82) is 0 Å². The van der Waals surface area contributed by atoms with Crippen LogP contribution in [0.25, 0.3) is 22.0 Å². The summed E-state index contributed by atoms with van der Waals surface area (Å²) in [6.07, 6.45) is 7.17. The second kappa shape index (κ2) is 6.96. The number of aromatic nitrogens is 3. The van der Waals surface area contributed by atoms with Crippen LogP contribution in [0, 0.1) is 5.82 Å². The molecule has 0 radical (unpaired) electrons. The van der Waals surface area contributed by atoms with Gasteiger partial charge in [0.1, 0.15) is 11.4 Å². The molecule has 3 heterocycles. The van der Waals surface area contributed by atoms with Gasteiger partial charge in [-0.2, -0.15) is 5.10 Å². The molecule has 7 heteroatoms. The van der Waals surface area contributed by atoms with Crippen molar-refractivity contribution in [3.05, 3.63) is 42.6 Å². The Balaban J connectivity index is 1.45. The minimum Gasteiger partial charge on any atom is -0.444 e. The van der Waals surface area contributed by atoms with Gasteiger partial charge in [-0.05, 0) is 51.8 Å². The summed E-state index contributed by atoms with van der Waals surface area (Å²) >= 11 is 0. The molecule has 1 aliphatic heterocycles. The summed E-state index contributed by atoms with van der Waals surface area (Å²) in [5.41, 5.74) is 2.29. The van der Waals surface area contributed by atoms with Crippen LogP contribution in [0.4, 0.5) is 9.18 Å². The maximum Gasteiger partial charge on any atom is 0.410 e. The van der Waals surface area contributed by atoms with Gasteiger partial charge in [0, 0.05) is 47.5 Å². The number of hydrogen-bond donors (Lipinski definition) is 1. The first-order valence-electron chi connectivity index (χ1n) is 9.59. The van der Waals surface area contributed by atoms with Gasteiger partial charge in [-0.1, -0.05) is 0 Å². The Morgan fingerprint density at radius 2 is 2.04 bits per heavy atom. The number of benzene rings is 1. The molecule has 0 atom stereocenters. The van der Waals surface area contributed by atoms with Crippen molar-refractivity contribution in [3.8, 4) is 11.1 Å². The van der Waals surface area contributed by atoms with E-state index in [1.807, 2.05) is 44.0 Å². The highest BCUT2D eigenvalue weighted by Crippen LogP contribution is 2.31. The van der Waals surface area contributed by atoms with Gasteiger partial charge < -0.3 is 14.6 Å². The number of fused-ring (bicyclic) bond motifs is 1. The molecule has 1 fully saturated rings. The highest BCUT2D eigenvalue weighted by molar-refractivity contribution is 5.95. The normalized spacial score (nSPS) is 15.9. The number of nitrogens with one attached hydrogen (secondary N) is 1. The van der Waals surface area contributed by atoms with Gasteiger partial charge in [-0.15, -0.1) is 0 Å². The smallest absolute Gasteiger partial charge is 0.410 e. The highest BCUT2D eigenvalue weighted by Gasteiger charge is 2.28. The molecule has 1 aliphatic rings. The number of H-pyrrole nitrogens is 1. The van der Waals surface area contributed by atoms with Crippen molar-refractivity contribution >= 4 is 17.0 Å². The molecular formula is C21H25FN4O2. The molecule has 3 aromatic rings. The molecule has 148 valence electrons. The minimum absolute atomic E-state index is 0.245. The summed E-state index contributed by atoms with van der Waals surface area (Å²) in [5.74, 6) is -0.256. The fourth-order valence-corrected chi connectivity index (χ4v) is 3.65. The third-order valence-corrected chi connectivity index (χ3v) is 5.05. The third-order valence-electron chi connectivity index (χ3n) is 5.05. The standard InChI is InChI=1S/C21H25FN4O2/c1-21(2,3)28-20(27)25-8-6-16(7-9-25)26-13-14(11-24-26)18-12-23-19-10-15(22)4-5-17(18)19/h4-5,10-13,16,23H,6-9H2,1-3H3. The minimum atomic E-state index is -0.479. The summed E-state index contributed by atoms with van der Waals surface area (Å²) < 4.78 is 20.8. The Kier molecular flexibility index (Phi) is 4.61. The van der Waals surface area contributed by atoms with Crippen LogP contribution in [0.1, 0.15) is 39.7 Å². The van der Waals surface area contributed by atoms with Crippen molar-refractivity contribution in [2.24, 2.45) is 0 Å². The zero-order chi connectivity index (χ0) is 19.9. The van der Waals surface area contributed by atoms with E-state index in [0.29, 0.717) is 13.1 Å². The van der Waals surface area contributed by atoms with Crippen molar-refractivity contribution in [1.82, 2.24) is 19.7 Å². The van der Waals surface area contributed by atoms with E-state index in [-0.39, 0.29) is 18.0 Å². The van der Waals surface area contributed by atoms with Crippen LogP contribution < -0.4 is 0 Å². The molecule has 1 amide bonds. The molecule has 0 unspecified atom stereocenters. The zero-order valence-corrected chi connectivity index (χ0v) is 16.4.